The van der Waals surface area contributed by atoms with Gasteiger partial charge in [0.05, 0.1) is 0 Å². The van der Waals surface area contributed by atoms with Crippen molar-refractivity contribution in [1.82, 2.24) is 0 Å². The lowest BCUT2D eigenvalue weighted by Crippen LogP contribution is -2.58. The second-order valence-corrected chi connectivity index (χ2v) is 18.0. The van der Waals surface area contributed by atoms with Gasteiger partial charge in [0.15, 0.2) is 0 Å². The summed E-state index contributed by atoms with van der Waals surface area (Å²) in [6.45, 7) is 12.2. The highest BCUT2D eigenvalue weighted by atomic mass is 127. The molecule has 0 bridgehead atoms. The molecule has 0 saturated heterocycles. The molecule has 112 valence electrons. The van der Waals surface area contributed by atoms with Crippen LogP contribution in [-0.2, 0) is 10.1 Å². The van der Waals surface area contributed by atoms with Gasteiger partial charge in [-0.2, -0.15) is 0 Å². The summed E-state index contributed by atoms with van der Waals surface area (Å²) in [5, 5.41) is 0.405. The van der Waals surface area contributed by atoms with Crippen LogP contribution in [0.1, 0.15) is 38.8 Å². The van der Waals surface area contributed by atoms with Gasteiger partial charge in [0, 0.05) is 0 Å². The first-order chi connectivity index (χ1) is 9.71. The van der Waals surface area contributed by atoms with E-state index in [9.17, 15) is 0 Å². The molecular formula is C19H25ISi. The van der Waals surface area contributed by atoms with Gasteiger partial charge in [0.1, 0.15) is 5.57 Å². The fraction of sp³-hybridized carbons (Fsp3) is 0.368. The lowest BCUT2D eigenvalue weighted by atomic mass is 10.0. The molecular weight excluding hydrogens is 383 g/mol. The fourth-order valence-corrected chi connectivity index (χ4v) is 7.88. The molecule has 0 unspecified atom stereocenters. The summed E-state index contributed by atoms with van der Waals surface area (Å²) in [5.41, 5.74) is 1.24. The Labute approximate surface area is 143 Å². The number of rotatable bonds is 4. The number of hydrogen-bond acceptors (Lipinski definition) is 0. The minimum atomic E-state index is -1.67. The van der Waals surface area contributed by atoms with Gasteiger partial charge in [-0.15, -0.1) is 21.8 Å². The van der Waals surface area contributed by atoms with Crippen molar-refractivity contribution in [3.63, 3.8) is 0 Å². The van der Waals surface area contributed by atoms with Crippen molar-refractivity contribution in [2.75, 3.05) is 0 Å². The van der Waals surface area contributed by atoms with Gasteiger partial charge in [-0.05, 0) is 21.2 Å². The van der Waals surface area contributed by atoms with Crippen molar-refractivity contribution < 1.29 is 0 Å². The summed E-state index contributed by atoms with van der Waals surface area (Å²) >= 11 is 2.81. The topological polar surface area (TPSA) is 0 Å². The highest BCUT2D eigenvalue weighted by Gasteiger charge is 2.53. The van der Waals surface area contributed by atoms with Crippen LogP contribution in [0, 0.1) is 0 Å². The molecule has 2 aromatic rings. The zero-order chi connectivity index (χ0) is 15.7. The maximum absolute atomic E-state index is 2.81. The Bertz CT molecular complexity index is 532. The third-order valence-electron chi connectivity index (χ3n) is 5.34. The van der Waals surface area contributed by atoms with E-state index in [1.165, 1.54) is 11.1 Å². The summed E-state index contributed by atoms with van der Waals surface area (Å²) in [6, 6.07) is 22.0. The molecule has 0 aliphatic rings. The summed E-state index contributed by atoms with van der Waals surface area (Å²) in [7, 11) is 0. The molecule has 0 nitrogen and oxygen atoms in total. The van der Waals surface area contributed by atoms with Crippen LogP contribution < -0.4 is 0 Å². The van der Waals surface area contributed by atoms with Crippen LogP contribution in [0.5, 0.6) is 0 Å². The van der Waals surface area contributed by atoms with E-state index in [-0.39, 0.29) is 10.1 Å². The molecule has 0 radical (unpaired) electrons. The summed E-state index contributed by atoms with van der Waals surface area (Å²) in [6.07, 6.45) is 0. The Morgan fingerprint density at radius 1 is 0.667 bits per heavy atom. The smallest absolute Gasteiger partial charge is 0.117 e. The Morgan fingerprint density at radius 2 is 0.952 bits per heavy atom. The summed E-state index contributed by atoms with van der Waals surface area (Å²) in [4.78, 5) is 0. The zero-order valence-electron chi connectivity index (χ0n) is 13.7. The lowest BCUT2D eigenvalue weighted by molar-refractivity contribution is 0.637. The minimum Gasteiger partial charge on any atom is -0.117 e. The predicted molar refractivity (Wildman–Crippen MR) is 105 cm³/mol. The van der Waals surface area contributed by atoms with Crippen LogP contribution >= 0.6 is 21.8 Å². The van der Waals surface area contributed by atoms with E-state index in [1.807, 2.05) is 0 Å². The van der Waals surface area contributed by atoms with E-state index in [0.717, 1.165) is 0 Å². The van der Waals surface area contributed by atoms with Gasteiger partial charge in [-0.3, -0.25) is 0 Å². The van der Waals surface area contributed by atoms with Crippen LogP contribution in [0.3, 0.4) is 0 Å². The average molecular weight is 408 g/mol. The number of hydrogen-bond donors (Lipinski definition) is 0. The molecule has 2 aromatic carbocycles. The van der Waals surface area contributed by atoms with Gasteiger partial charge < -0.3 is 0 Å². The fourth-order valence-electron chi connectivity index (χ4n) is 3.03. The van der Waals surface area contributed by atoms with E-state index < -0.39 is 5.57 Å². The molecule has 0 amide bonds. The number of halogens is 1. The van der Waals surface area contributed by atoms with Crippen molar-refractivity contribution in [3.05, 3.63) is 71.8 Å². The third kappa shape index (κ3) is 2.85. The molecule has 2 rings (SSSR count). The minimum absolute atomic E-state index is 0.203. The van der Waals surface area contributed by atoms with Crippen LogP contribution in [0.4, 0.5) is 0 Å². The molecule has 0 atom stereocenters. The van der Waals surface area contributed by atoms with E-state index in [2.05, 4.69) is 117 Å². The van der Waals surface area contributed by atoms with Crippen LogP contribution in [-0.4, -0.2) is 5.57 Å². The van der Waals surface area contributed by atoms with E-state index in [4.69, 9.17) is 0 Å². The molecule has 0 aliphatic heterocycles. The van der Waals surface area contributed by atoms with E-state index in [0.29, 0.717) is 0 Å². The molecule has 0 spiro atoms. The van der Waals surface area contributed by atoms with Crippen molar-refractivity contribution in [1.29, 1.82) is 0 Å². The zero-order valence-corrected chi connectivity index (χ0v) is 16.8. The molecule has 0 heterocycles. The Balaban J connectivity index is 2.50. The first-order valence-corrected chi connectivity index (χ1v) is 13.1. The Hall–Kier alpha value is -0.613. The van der Waals surface area contributed by atoms with Gasteiger partial charge in [-0.25, -0.2) is 0 Å². The highest BCUT2D eigenvalue weighted by molar-refractivity contribution is 14.1. The monoisotopic (exact) mass is 408 g/mol. The van der Waals surface area contributed by atoms with Crippen LogP contribution in [0.25, 0.3) is 0 Å². The number of benzene rings is 2. The standard InChI is InChI=1S/C19H25ISi/c1-18(2,16-12-8-6-9-13-16)21(5,20)19(3,4)17-14-10-7-11-15-17/h6-15H,1-5H3. The van der Waals surface area contributed by atoms with E-state index in [1.54, 1.807) is 0 Å². The van der Waals surface area contributed by atoms with Crippen molar-refractivity contribution in [2.45, 2.75) is 44.3 Å². The van der Waals surface area contributed by atoms with Crippen LogP contribution in [0.2, 0.25) is 6.55 Å². The molecule has 0 fully saturated rings. The largest absolute Gasteiger partial charge is 0.142 e. The SMILES string of the molecule is CC(C)(c1ccccc1)[Si](C)(I)C(C)(C)c1ccccc1. The average Bonchev–Trinajstić information content (AvgIpc) is 2.48. The first-order valence-electron chi connectivity index (χ1n) is 7.51. The molecule has 2 heteroatoms. The maximum atomic E-state index is 2.81. The normalized spacial score (nSPS) is 13.2. The second kappa shape index (κ2) is 5.88. The maximum Gasteiger partial charge on any atom is 0.142 e. The Morgan fingerprint density at radius 3 is 1.24 bits per heavy atom. The third-order valence-corrected chi connectivity index (χ3v) is 18.7. The molecule has 0 saturated carbocycles. The highest BCUT2D eigenvalue weighted by Crippen LogP contribution is 2.49. The lowest BCUT2D eigenvalue weighted by Gasteiger charge is -2.49. The summed E-state index contributed by atoms with van der Waals surface area (Å²) < 4.78 is 0. The Kier molecular flexibility index (Phi) is 4.69. The first kappa shape index (κ1) is 16.8. The van der Waals surface area contributed by atoms with Crippen molar-refractivity contribution in [3.8, 4) is 0 Å². The van der Waals surface area contributed by atoms with Gasteiger partial charge in [0.25, 0.3) is 0 Å². The summed E-state index contributed by atoms with van der Waals surface area (Å²) in [5.74, 6) is 0. The molecule has 21 heavy (non-hydrogen) atoms. The van der Waals surface area contributed by atoms with Gasteiger partial charge in [0.2, 0.25) is 0 Å². The quantitative estimate of drug-likeness (QED) is 0.329. The van der Waals surface area contributed by atoms with Crippen LogP contribution in [0.15, 0.2) is 60.7 Å². The molecule has 0 aliphatic carbocycles. The van der Waals surface area contributed by atoms with Crippen molar-refractivity contribution in [2.24, 2.45) is 0 Å². The molecule has 0 aromatic heterocycles. The predicted octanol–water partition coefficient (Wildman–Crippen LogP) is 6.03. The molecule has 0 N–H and O–H groups in total. The van der Waals surface area contributed by atoms with Gasteiger partial charge >= 0.3 is 0 Å². The van der Waals surface area contributed by atoms with Gasteiger partial charge in [-0.1, -0.05) is 94.9 Å². The second-order valence-electron chi connectivity index (χ2n) is 6.99. The van der Waals surface area contributed by atoms with E-state index >= 15 is 0 Å². The van der Waals surface area contributed by atoms with Crippen molar-refractivity contribution >= 4 is 27.4 Å².